The number of nitrogens with zero attached hydrogens (tertiary/aromatic N) is 1. The van der Waals surface area contributed by atoms with Crippen LogP contribution in [-0.2, 0) is 0 Å². The number of carbonyl (C=O) groups excluding carboxylic acids is 1. The summed E-state index contributed by atoms with van der Waals surface area (Å²) in [5.74, 6) is 0.0687. The van der Waals surface area contributed by atoms with Crippen molar-refractivity contribution in [2.45, 2.75) is 25.3 Å². The smallest absolute Gasteiger partial charge is 0.252 e. The van der Waals surface area contributed by atoms with Crippen molar-refractivity contribution >= 4 is 22.4 Å². The highest BCUT2D eigenvalue weighted by atomic mass is 16.1. The molecule has 5 rings (SSSR count). The van der Waals surface area contributed by atoms with Gasteiger partial charge in [-0.05, 0) is 53.6 Å². The van der Waals surface area contributed by atoms with Crippen LogP contribution in [0.1, 0.15) is 29.6 Å². The lowest BCUT2D eigenvalue weighted by atomic mass is 9.92. The third-order valence-electron chi connectivity index (χ3n) is 6.41. The highest BCUT2D eigenvalue weighted by Gasteiger charge is 2.55. The molecule has 0 bridgehead atoms. The number of hydrogen-bond donors (Lipinski definition) is 1. The molecule has 3 aromatic rings. The third kappa shape index (κ3) is 2.97. The van der Waals surface area contributed by atoms with E-state index in [-0.39, 0.29) is 5.91 Å². The molecular formula is C24H24N2O. The molecule has 1 saturated heterocycles. The average Bonchev–Trinajstić information content (AvgIpc) is 3.39. The minimum absolute atomic E-state index is 0.0687. The number of amides is 1. The second-order valence-corrected chi connectivity index (χ2v) is 7.94. The summed E-state index contributed by atoms with van der Waals surface area (Å²) >= 11 is 0. The topological polar surface area (TPSA) is 32.3 Å². The van der Waals surface area contributed by atoms with E-state index in [9.17, 15) is 4.79 Å². The van der Waals surface area contributed by atoms with Gasteiger partial charge in [-0.15, -0.1) is 0 Å². The fourth-order valence-electron chi connectivity index (χ4n) is 4.61. The SMILES string of the molecule is O=C(NC1CC12CCN(c1ccccc1)CC2)c1cccc2ccccc12. The van der Waals surface area contributed by atoms with Crippen molar-refractivity contribution in [3.05, 3.63) is 78.4 Å². The summed E-state index contributed by atoms with van der Waals surface area (Å²) in [6.07, 6.45) is 3.43. The summed E-state index contributed by atoms with van der Waals surface area (Å²) in [7, 11) is 0. The van der Waals surface area contributed by atoms with E-state index in [1.54, 1.807) is 0 Å². The number of piperidine rings is 1. The van der Waals surface area contributed by atoms with E-state index in [0.717, 1.165) is 48.7 Å². The Hall–Kier alpha value is -2.81. The highest BCUT2D eigenvalue weighted by Crippen LogP contribution is 2.54. The quantitative estimate of drug-likeness (QED) is 0.742. The number of carbonyl (C=O) groups is 1. The Balaban J connectivity index is 1.25. The van der Waals surface area contributed by atoms with Crippen LogP contribution in [0.25, 0.3) is 10.8 Å². The van der Waals surface area contributed by atoms with E-state index in [2.05, 4.69) is 52.7 Å². The predicted molar refractivity (Wildman–Crippen MR) is 110 cm³/mol. The molecule has 0 radical (unpaired) electrons. The van der Waals surface area contributed by atoms with E-state index < -0.39 is 0 Å². The largest absolute Gasteiger partial charge is 0.371 e. The molecule has 2 aliphatic rings. The van der Waals surface area contributed by atoms with Crippen molar-refractivity contribution < 1.29 is 4.79 Å². The van der Waals surface area contributed by atoms with Gasteiger partial charge in [0, 0.05) is 30.4 Å². The molecule has 1 amide bonds. The lowest BCUT2D eigenvalue weighted by Crippen LogP contribution is -2.38. The second kappa shape index (κ2) is 6.41. The molecule has 1 saturated carbocycles. The van der Waals surface area contributed by atoms with Crippen molar-refractivity contribution in [2.24, 2.45) is 5.41 Å². The maximum atomic E-state index is 12.9. The molecule has 0 aromatic heterocycles. The van der Waals surface area contributed by atoms with Gasteiger partial charge in [-0.3, -0.25) is 4.79 Å². The van der Waals surface area contributed by atoms with E-state index in [4.69, 9.17) is 0 Å². The minimum atomic E-state index is 0.0687. The zero-order valence-corrected chi connectivity index (χ0v) is 15.4. The summed E-state index contributed by atoms with van der Waals surface area (Å²) in [6, 6.07) is 25.0. The van der Waals surface area contributed by atoms with Crippen molar-refractivity contribution in [1.82, 2.24) is 5.32 Å². The number of fused-ring (bicyclic) bond motifs is 1. The molecule has 1 N–H and O–H groups in total. The molecule has 1 spiro atoms. The molecule has 1 aliphatic carbocycles. The number of para-hydroxylation sites is 1. The van der Waals surface area contributed by atoms with Crippen molar-refractivity contribution in [1.29, 1.82) is 0 Å². The molecule has 3 aromatic carbocycles. The average molecular weight is 356 g/mol. The Labute approximate surface area is 160 Å². The van der Waals surface area contributed by atoms with Crippen LogP contribution in [0.3, 0.4) is 0 Å². The first-order valence-electron chi connectivity index (χ1n) is 9.84. The Kier molecular flexibility index (Phi) is 3.89. The molecule has 136 valence electrons. The zero-order valence-electron chi connectivity index (χ0n) is 15.4. The normalized spacial score (nSPS) is 20.6. The van der Waals surface area contributed by atoms with Crippen LogP contribution in [0, 0.1) is 5.41 Å². The van der Waals surface area contributed by atoms with E-state index >= 15 is 0 Å². The predicted octanol–water partition coefficient (Wildman–Crippen LogP) is 4.63. The summed E-state index contributed by atoms with van der Waals surface area (Å²) in [5, 5.41) is 5.47. The molecule has 3 heteroatoms. The van der Waals surface area contributed by atoms with Crippen LogP contribution >= 0.6 is 0 Å². The summed E-state index contributed by atoms with van der Waals surface area (Å²) in [6.45, 7) is 2.15. The Morgan fingerprint density at radius 3 is 2.41 bits per heavy atom. The van der Waals surface area contributed by atoms with Gasteiger partial charge in [-0.1, -0.05) is 54.6 Å². The second-order valence-electron chi connectivity index (χ2n) is 7.94. The lowest BCUT2D eigenvalue weighted by molar-refractivity contribution is 0.0945. The van der Waals surface area contributed by atoms with Gasteiger partial charge in [-0.25, -0.2) is 0 Å². The number of hydrogen-bond acceptors (Lipinski definition) is 2. The first-order chi connectivity index (χ1) is 13.3. The van der Waals surface area contributed by atoms with Crippen LogP contribution in [0.4, 0.5) is 5.69 Å². The summed E-state index contributed by atoms with van der Waals surface area (Å²) < 4.78 is 0. The molecule has 1 aliphatic heterocycles. The fourth-order valence-corrected chi connectivity index (χ4v) is 4.61. The zero-order chi connectivity index (χ0) is 18.3. The molecule has 27 heavy (non-hydrogen) atoms. The van der Waals surface area contributed by atoms with Gasteiger partial charge < -0.3 is 10.2 Å². The van der Waals surface area contributed by atoms with E-state index in [1.807, 2.05) is 30.3 Å². The number of rotatable bonds is 3. The molecular weight excluding hydrogens is 332 g/mol. The van der Waals surface area contributed by atoms with Crippen molar-refractivity contribution in [3.8, 4) is 0 Å². The fraction of sp³-hybridized carbons (Fsp3) is 0.292. The summed E-state index contributed by atoms with van der Waals surface area (Å²) in [4.78, 5) is 15.4. The van der Waals surface area contributed by atoms with Gasteiger partial charge in [0.05, 0.1) is 0 Å². The Morgan fingerprint density at radius 1 is 0.889 bits per heavy atom. The monoisotopic (exact) mass is 356 g/mol. The lowest BCUT2D eigenvalue weighted by Gasteiger charge is -2.34. The molecule has 3 nitrogen and oxygen atoms in total. The van der Waals surface area contributed by atoms with Gasteiger partial charge >= 0.3 is 0 Å². The van der Waals surface area contributed by atoms with Gasteiger partial charge in [0.2, 0.25) is 0 Å². The molecule has 2 fully saturated rings. The minimum Gasteiger partial charge on any atom is -0.371 e. The molecule has 1 unspecified atom stereocenters. The highest BCUT2D eigenvalue weighted by molar-refractivity contribution is 6.07. The van der Waals surface area contributed by atoms with E-state index in [1.165, 1.54) is 5.69 Å². The third-order valence-corrected chi connectivity index (χ3v) is 6.41. The Bertz CT molecular complexity index is 969. The maximum Gasteiger partial charge on any atom is 0.252 e. The van der Waals surface area contributed by atoms with Crippen molar-refractivity contribution in [2.75, 3.05) is 18.0 Å². The van der Waals surface area contributed by atoms with Crippen LogP contribution in [0.5, 0.6) is 0 Å². The van der Waals surface area contributed by atoms with Gasteiger partial charge in [-0.2, -0.15) is 0 Å². The van der Waals surface area contributed by atoms with Crippen LogP contribution in [0.2, 0.25) is 0 Å². The number of nitrogens with one attached hydrogen (secondary N) is 1. The molecule has 1 heterocycles. The maximum absolute atomic E-state index is 12.9. The summed E-state index contributed by atoms with van der Waals surface area (Å²) in [5.41, 5.74) is 2.41. The van der Waals surface area contributed by atoms with E-state index in [0.29, 0.717) is 11.5 Å². The van der Waals surface area contributed by atoms with Crippen LogP contribution in [0.15, 0.2) is 72.8 Å². The standard InChI is InChI=1S/C24H24N2O/c27-23(21-12-6-8-18-7-4-5-11-20(18)21)25-22-17-24(22)13-15-26(16-14-24)19-9-2-1-3-10-19/h1-12,22H,13-17H2,(H,25,27). The van der Waals surface area contributed by atoms with Gasteiger partial charge in [0.15, 0.2) is 0 Å². The van der Waals surface area contributed by atoms with Gasteiger partial charge in [0.1, 0.15) is 0 Å². The van der Waals surface area contributed by atoms with Crippen LogP contribution < -0.4 is 10.2 Å². The molecule has 1 atom stereocenters. The Morgan fingerprint density at radius 2 is 1.59 bits per heavy atom. The van der Waals surface area contributed by atoms with Crippen molar-refractivity contribution in [3.63, 3.8) is 0 Å². The first kappa shape index (κ1) is 16.4. The number of benzene rings is 3. The number of anilines is 1. The first-order valence-corrected chi connectivity index (χ1v) is 9.84. The van der Waals surface area contributed by atoms with Crippen LogP contribution in [-0.4, -0.2) is 25.0 Å². The van der Waals surface area contributed by atoms with Gasteiger partial charge in [0.25, 0.3) is 5.91 Å².